The summed E-state index contributed by atoms with van der Waals surface area (Å²) in [5.74, 6) is 1.12. The minimum Gasteiger partial charge on any atom is -0.495 e. The molecule has 0 bridgehead atoms. The average molecular weight is 402 g/mol. The molecule has 1 aromatic carbocycles. The van der Waals surface area contributed by atoms with Gasteiger partial charge in [0, 0.05) is 25.0 Å². The summed E-state index contributed by atoms with van der Waals surface area (Å²) in [4.78, 5) is 30.1. The summed E-state index contributed by atoms with van der Waals surface area (Å²) < 4.78 is 11.6. The molecule has 0 radical (unpaired) electrons. The number of fused-ring (bicyclic) bond motifs is 3. The van der Waals surface area contributed by atoms with Gasteiger partial charge in [0.1, 0.15) is 5.75 Å². The first-order valence-corrected chi connectivity index (χ1v) is 9.23. The lowest BCUT2D eigenvalue weighted by molar-refractivity contribution is 0.415. The zero-order chi connectivity index (χ0) is 20.3. The molecule has 4 aromatic rings. The fourth-order valence-electron chi connectivity index (χ4n) is 3.63. The van der Waals surface area contributed by atoms with Gasteiger partial charge >= 0.3 is 5.69 Å². The number of hydrogen-bond donors (Lipinski definition) is 0. The molecule has 28 heavy (non-hydrogen) atoms. The maximum Gasteiger partial charge on any atom is 0.332 e. The number of rotatable bonds is 3. The van der Waals surface area contributed by atoms with Gasteiger partial charge in [-0.15, -0.1) is 0 Å². The van der Waals surface area contributed by atoms with E-state index in [-0.39, 0.29) is 11.2 Å². The van der Waals surface area contributed by atoms with Crippen molar-refractivity contribution >= 4 is 28.5 Å². The molecule has 146 valence electrons. The van der Waals surface area contributed by atoms with Crippen LogP contribution in [0.2, 0.25) is 5.02 Å². The van der Waals surface area contributed by atoms with Crippen LogP contribution in [0.15, 0.2) is 27.8 Å². The van der Waals surface area contributed by atoms with Crippen molar-refractivity contribution in [2.45, 2.75) is 27.3 Å². The van der Waals surface area contributed by atoms with E-state index >= 15 is 0 Å². The largest absolute Gasteiger partial charge is 0.495 e. The van der Waals surface area contributed by atoms with E-state index in [1.807, 2.05) is 24.5 Å². The summed E-state index contributed by atoms with van der Waals surface area (Å²) in [6, 6.07) is 5.45. The van der Waals surface area contributed by atoms with Crippen molar-refractivity contribution in [2.75, 3.05) is 7.11 Å². The van der Waals surface area contributed by atoms with Crippen molar-refractivity contribution in [1.29, 1.82) is 0 Å². The molecule has 4 rings (SSSR count). The zero-order valence-corrected chi connectivity index (χ0v) is 17.0. The van der Waals surface area contributed by atoms with Crippen LogP contribution in [-0.4, -0.2) is 30.2 Å². The van der Waals surface area contributed by atoms with Crippen LogP contribution in [0, 0.1) is 13.8 Å². The topological polar surface area (TPSA) is 75.5 Å². The predicted octanol–water partition coefficient (Wildman–Crippen LogP) is 2.44. The van der Waals surface area contributed by atoms with Gasteiger partial charge in [-0.1, -0.05) is 11.6 Å². The van der Waals surface area contributed by atoms with Crippen molar-refractivity contribution in [3.8, 4) is 11.4 Å². The maximum atomic E-state index is 13.0. The van der Waals surface area contributed by atoms with Crippen LogP contribution in [0.3, 0.4) is 0 Å². The van der Waals surface area contributed by atoms with Crippen LogP contribution >= 0.6 is 11.6 Å². The highest BCUT2D eigenvalue weighted by Gasteiger charge is 2.23. The standard InChI is InChI=1S/C19H20ClN5O3/c1-6-23-17(26)15-16(22(4)19(23)27)21-18-24(10(2)11(3)25(15)18)12-7-8-14(28-5)13(20)9-12/h7-9H,6H2,1-5H3. The Kier molecular flexibility index (Phi) is 4.11. The second-order valence-electron chi connectivity index (χ2n) is 6.64. The van der Waals surface area contributed by atoms with Gasteiger partial charge in [0.15, 0.2) is 11.2 Å². The van der Waals surface area contributed by atoms with Crippen LogP contribution < -0.4 is 16.0 Å². The third-order valence-corrected chi connectivity index (χ3v) is 5.52. The van der Waals surface area contributed by atoms with Gasteiger partial charge < -0.3 is 4.74 Å². The van der Waals surface area contributed by atoms with Gasteiger partial charge in [0.25, 0.3) is 5.56 Å². The Hall–Kier alpha value is -3.00. The molecule has 8 nitrogen and oxygen atoms in total. The fraction of sp³-hybridized carbons (Fsp3) is 0.316. The van der Waals surface area contributed by atoms with Crippen molar-refractivity contribution in [3.05, 3.63) is 55.4 Å². The van der Waals surface area contributed by atoms with Crippen molar-refractivity contribution in [1.82, 2.24) is 23.1 Å². The first-order chi connectivity index (χ1) is 13.3. The fourth-order valence-corrected chi connectivity index (χ4v) is 3.88. The molecule has 0 aliphatic rings. The van der Waals surface area contributed by atoms with E-state index in [4.69, 9.17) is 16.3 Å². The van der Waals surface area contributed by atoms with Crippen LogP contribution in [-0.2, 0) is 13.6 Å². The van der Waals surface area contributed by atoms with E-state index in [1.165, 1.54) is 9.13 Å². The van der Waals surface area contributed by atoms with Crippen LogP contribution in [0.25, 0.3) is 22.6 Å². The van der Waals surface area contributed by atoms with Gasteiger partial charge in [0.2, 0.25) is 5.78 Å². The smallest absolute Gasteiger partial charge is 0.332 e. The molecule has 0 amide bonds. The maximum absolute atomic E-state index is 13.0. The SMILES string of the molecule is CCn1c(=O)c2c(nc3n(-c4ccc(OC)c(Cl)c4)c(C)c(C)n23)n(C)c1=O. The molecule has 0 aliphatic heterocycles. The Morgan fingerprint density at radius 2 is 1.89 bits per heavy atom. The second kappa shape index (κ2) is 6.27. The third-order valence-electron chi connectivity index (χ3n) is 5.23. The number of halogens is 1. The lowest BCUT2D eigenvalue weighted by atomic mass is 10.2. The summed E-state index contributed by atoms with van der Waals surface area (Å²) in [6.07, 6.45) is 0. The van der Waals surface area contributed by atoms with Crippen LogP contribution in [0.5, 0.6) is 5.75 Å². The minimum absolute atomic E-state index is 0.293. The summed E-state index contributed by atoms with van der Waals surface area (Å²) in [5, 5.41) is 0.473. The molecule has 0 saturated carbocycles. The van der Waals surface area contributed by atoms with Crippen molar-refractivity contribution < 1.29 is 4.74 Å². The molecule has 3 aromatic heterocycles. The highest BCUT2D eigenvalue weighted by atomic mass is 35.5. The summed E-state index contributed by atoms with van der Waals surface area (Å²) >= 11 is 6.31. The van der Waals surface area contributed by atoms with Gasteiger partial charge in [0.05, 0.1) is 17.8 Å². The zero-order valence-electron chi connectivity index (χ0n) is 16.3. The van der Waals surface area contributed by atoms with Crippen LogP contribution in [0.1, 0.15) is 18.3 Å². The predicted molar refractivity (Wildman–Crippen MR) is 108 cm³/mol. The molecule has 0 N–H and O–H groups in total. The molecule has 0 atom stereocenters. The van der Waals surface area contributed by atoms with Gasteiger partial charge in [-0.2, -0.15) is 4.98 Å². The number of ether oxygens (including phenoxy) is 1. The Balaban J connectivity index is 2.17. The molecule has 0 aliphatic carbocycles. The summed E-state index contributed by atoms with van der Waals surface area (Å²) in [5.41, 5.74) is 2.58. The lowest BCUT2D eigenvalue weighted by Crippen LogP contribution is -2.38. The number of aromatic nitrogens is 5. The quantitative estimate of drug-likeness (QED) is 0.528. The molecule has 9 heteroatoms. The molecule has 0 spiro atoms. The molecule has 0 unspecified atom stereocenters. The first kappa shape index (κ1) is 18.4. The molecule has 3 heterocycles. The Morgan fingerprint density at radius 3 is 2.50 bits per heavy atom. The van der Waals surface area contributed by atoms with Crippen molar-refractivity contribution in [2.24, 2.45) is 7.05 Å². The number of imidazole rings is 2. The molecular formula is C19H20ClN5O3. The number of aryl methyl sites for hydroxylation is 2. The average Bonchev–Trinajstić information content (AvgIpc) is 3.16. The van der Waals surface area contributed by atoms with Gasteiger partial charge in [-0.05, 0) is 39.0 Å². The second-order valence-corrected chi connectivity index (χ2v) is 7.04. The van der Waals surface area contributed by atoms with Gasteiger partial charge in [-0.3, -0.25) is 22.9 Å². The molecular weight excluding hydrogens is 382 g/mol. The minimum atomic E-state index is -0.380. The number of benzene rings is 1. The van der Waals surface area contributed by atoms with E-state index in [0.29, 0.717) is 34.3 Å². The number of hydrogen-bond acceptors (Lipinski definition) is 4. The highest BCUT2D eigenvalue weighted by Crippen LogP contribution is 2.30. The number of methoxy groups -OCH3 is 1. The monoisotopic (exact) mass is 401 g/mol. The van der Waals surface area contributed by atoms with Crippen molar-refractivity contribution in [3.63, 3.8) is 0 Å². The number of nitrogens with zero attached hydrogens (tertiary/aromatic N) is 5. The summed E-state index contributed by atoms with van der Waals surface area (Å²) in [6.45, 7) is 5.94. The third kappa shape index (κ3) is 2.27. The summed E-state index contributed by atoms with van der Waals surface area (Å²) in [7, 11) is 3.18. The first-order valence-electron chi connectivity index (χ1n) is 8.85. The Bertz CT molecular complexity index is 1370. The molecule has 0 fully saturated rings. The van der Waals surface area contributed by atoms with E-state index in [0.717, 1.165) is 17.1 Å². The Morgan fingerprint density at radius 1 is 1.18 bits per heavy atom. The highest BCUT2D eigenvalue weighted by molar-refractivity contribution is 6.32. The van der Waals surface area contributed by atoms with Crippen LogP contribution in [0.4, 0.5) is 0 Å². The van der Waals surface area contributed by atoms with Gasteiger partial charge in [-0.25, -0.2) is 4.79 Å². The van der Waals surface area contributed by atoms with E-state index in [2.05, 4.69) is 4.98 Å². The normalized spacial score (nSPS) is 11.6. The lowest BCUT2D eigenvalue weighted by Gasteiger charge is -2.09. The van der Waals surface area contributed by atoms with E-state index in [1.54, 1.807) is 37.6 Å². The van der Waals surface area contributed by atoms with E-state index in [9.17, 15) is 9.59 Å². The van der Waals surface area contributed by atoms with E-state index < -0.39 is 0 Å². The Labute approximate surface area is 165 Å². The molecule has 0 saturated heterocycles.